The molecule has 8 nitrogen and oxygen atoms in total. The average molecular weight is 462 g/mol. The summed E-state index contributed by atoms with van der Waals surface area (Å²) in [7, 11) is 4.38. The highest BCUT2D eigenvalue weighted by Crippen LogP contribution is 2.11. The van der Waals surface area contributed by atoms with Crippen LogP contribution in [0.1, 0.15) is 19.2 Å². The highest BCUT2D eigenvalue weighted by Gasteiger charge is 2.23. The maximum absolute atomic E-state index is 4.84. The number of aryl methyl sites for hydroxylation is 1. The zero-order chi connectivity index (χ0) is 16.9. The van der Waals surface area contributed by atoms with E-state index in [9.17, 15) is 0 Å². The molecular formula is C16H31IN8. The SMILES string of the molecule is CCNC(=NCC1CN(C)CCN1C)NC1CCc2ncnn2C1.I. The van der Waals surface area contributed by atoms with Crippen molar-refractivity contribution in [1.29, 1.82) is 0 Å². The van der Waals surface area contributed by atoms with Crippen LogP contribution < -0.4 is 10.6 Å². The highest BCUT2D eigenvalue weighted by atomic mass is 127. The summed E-state index contributed by atoms with van der Waals surface area (Å²) in [6.07, 6.45) is 3.68. The summed E-state index contributed by atoms with van der Waals surface area (Å²) in [5.74, 6) is 1.99. The van der Waals surface area contributed by atoms with E-state index in [0.29, 0.717) is 12.1 Å². The third-order valence-corrected chi connectivity index (χ3v) is 4.93. The molecule has 2 aliphatic heterocycles. The summed E-state index contributed by atoms with van der Waals surface area (Å²) in [5.41, 5.74) is 0. The number of hydrogen-bond acceptors (Lipinski definition) is 5. The largest absolute Gasteiger partial charge is 0.357 e. The second kappa shape index (κ2) is 9.67. The summed E-state index contributed by atoms with van der Waals surface area (Å²) in [6.45, 7) is 7.96. The lowest BCUT2D eigenvalue weighted by Gasteiger charge is -2.37. The second-order valence-corrected chi connectivity index (χ2v) is 6.85. The Hall–Kier alpha value is -0.940. The van der Waals surface area contributed by atoms with Crippen molar-refractivity contribution >= 4 is 29.9 Å². The van der Waals surface area contributed by atoms with Gasteiger partial charge >= 0.3 is 0 Å². The maximum Gasteiger partial charge on any atom is 0.191 e. The van der Waals surface area contributed by atoms with Gasteiger partial charge in [-0.3, -0.25) is 9.89 Å². The first-order chi connectivity index (χ1) is 11.7. The van der Waals surface area contributed by atoms with Crippen LogP contribution in [-0.4, -0.2) is 89.4 Å². The summed E-state index contributed by atoms with van der Waals surface area (Å²) in [6, 6.07) is 0.830. The number of piperazine rings is 1. The van der Waals surface area contributed by atoms with Gasteiger partial charge in [0.15, 0.2) is 5.96 Å². The standard InChI is InChI=1S/C16H30N8.HI/c1-4-17-16(18-9-14-11-22(2)7-8-23(14)3)21-13-5-6-15-19-12-20-24(15)10-13;/h12-14H,4-11H2,1-3H3,(H2,17,18,21);1H. The number of guanidine groups is 1. The van der Waals surface area contributed by atoms with Gasteiger partial charge in [-0.15, -0.1) is 24.0 Å². The van der Waals surface area contributed by atoms with Crippen LogP contribution in [0.15, 0.2) is 11.3 Å². The van der Waals surface area contributed by atoms with E-state index in [1.807, 2.05) is 4.68 Å². The number of nitrogens with zero attached hydrogens (tertiary/aromatic N) is 6. The van der Waals surface area contributed by atoms with Crippen molar-refractivity contribution < 1.29 is 0 Å². The van der Waals surface area contributed by atoms with Crippen LogP contribution in [0, 0.1) is 0 Å². The average Bonchev–Trinajstić information content (AvgIpc) is 3.03. The summed E-state index contributed by atoms with van der Waals surface area (Å²) in [4.78, 5) is 13.9. The Morgan fingerprint density at radius 1 is 1.32 bits per heavy atom. The molecule has 1 aromatic rings. The van der Waals surface area contributed by atoms with E-state index in [1.165, 1.54) is 0 Å². The van der Waals surface area contributed by atoms with E-state index < -0.39 is 0 Å². The molecule has 0 aliphatic carbocycles. The number of aromatic nitrogens is 3. The van der Waals surface area contributed by atoms with Crippen molar-refractivity contribution in [3.8, 4) is 0 Å². The van der Waals surface area contributed by atoms with Gasteiger partial charge in [-0.05, 0) is 27.4 Å². The lowest BCUT2D eigenvalue weighted by Crippen LogP contribution is -2.52. The number of halogens is 1. The van der Waals surface area contributed by atoms with Crippen LogP contribution in [0.5, 0.6) is 0 Å². The molecule has 142 valence electrons. The third kappa shape index (κ3) is 5.52. The van der Waals surface area contributed by atoms with E-state index in [2.05, 4.69) is 51.5 Å². The maximum atomic E-state index is 4.84. The van der Waals surface area contributed by atoms with Gasteiger partial charge in [0.05, 0.1) is 13.1 Å². The molecule has 2 unspecified atom stereocenters. The summed E-state index contributed by atoms with van der Waals surface area (Å²) in [5, 5.41) is 11.2. The van der Waals surface area contributed by atoms with Gasteiger partial charge in [0.2, 0.25) is 0 Å². The van der Waals surface area contributed by atoms with Gasteiger partial charge < -0.3 is 15.5 Å². The topological polar surface area (TPSA) is 73.6 Å². The number of hydrogen-bond donors (Lipinski definition) is 2. The first-order valence-corrected chi connectivity index (χ1v) is 8.96. The first-order valence-electron chi connectivity index (χ1n) is 8.96. The minimum Gasteiger partial charge on any atom is -0.357 e. The molecule has 0 saturated carbocycles. The molecule has 0 bridgehead atoms. The van der Waals surface area contributed by atoms with Crippen LogP contribution in [0.2, 0.25) is 0 Å². The van der Waals surface area contributed by atoms with Crippen molar-refractivity contribution in [2.75, 3.05) is 46.8 Å². The molecule has 0 spiro atoms. The molecule has 2 N–H and O–H groups in total. The number of aliphatic imine (C=N–C) groups is 1. The van der Waals surface area contributed by atoms with Gasteiger partial charge in [0.1, 0.15) is 12.2 Å². The van der Waals surface area contributed by atoms with Crippen LogP contribution in [0.4, 0.5) is 0 Å². The Morgan fingerprint density at radius 2 is 2.16 bits per heavy atom. The molecule has 3 rings (SSSR count). The van der Waals surface area contributed by atoms with E-state index >= 15 is 0 Å². The molecule has 2 atom stereocenters. The summed E-state index contributed by atoms with van der Waals surface area (Å²) >= 11 is 0. The second-order valence-electron chi connectivity index (χ2n) is 6.85. The normalized spacial score (nSPS) is 25.2. The number of rotatable bonds is 4. The van der Waals surface area contributed by atoms with Crippen molar-refractivity contribution in [3.63, 3.8) is 0 Å². The van der Waals surface area contributed by atoms with E-state index in [0.717, 1.165) is 63.9 Å². The first kappa shape index (κ1) is 20.4. The Bertz CT molecular complexity index is 560. The number of likely N-dealkylation sites (N-methyl/N-ethyl adjacent to an activating group) is 2. The molecule has 1 fully saturated rings. The van der Waals surface area contributed by atoms with Gasteiger partial charge in [0.25, 0.3) is 0 Å². The van der Waals surface area contributed by atoms with Crippen molar-refractivity contribution in [1.82, 2.24) is 35.2 Å². The van der Waals surface area contributed by atoms with E-state index in [1.54, 1.807) is 6.33 Å². The van der Waals surface area contributed by atoms with Gasteiger partial charge in [0, 0.05) is 44.7 Å². The minimum absolute atomic E-state index is 0. The fourth-order valence-electron chi connectivity index (χ4n) is 3.36. The lowest BCUT2D eigenvalue weighted by atomic mass is 10.1. The molecule has 3 heterocycles. The van der Waals surface area contributed by atoms with Crippen LogP contribution in [-0.2, 0) is 13.0 Å². The number of nitrogens with one attached hydrogen (secondary N) is 2. The Kier molecular flexibility index (Phi) is 7.88. The molecule has 0 aromatic carbocycles. The van der Waals surface area contributed by atoms with Crippen molar-refractivity contribution in [2.45, 2.75) is 38.4 Å². The fraction of sp³-hybridized carbons (Fsp3) is 0.812. The Labute approximate surface area is 167 Å². The Morgan fingerprint density at radius 3 is 2.96 bits per heavy atom. The Balaban J connectivity index is 0.00000225. The zero-order valence-corrected chi connectivity index (χ0v) is 17.8. The van der Waals surface area contributed by atoms with E-state index in [-0.39, 0.29) is 24.0 Å². The number of fused-ring (bicyclic) bond motifs is 1. The molecular weight excluding hydrogens is 431 g/mol. The molecule has 2 aliphatic rings. The predicted molar refractivity (Wildman–Crippen MR) is 111 cm³/mol. The van der Waals surface area contributed by atoms with Crippen molar-refractivity contribution in [2.24, 2.45) is 4.99 Å². The highest BCUT2D eigenvalue weighted by molar-refractivity contribution is 14.0. The molecule has 25 heavy (non-hydrogen) atoms. The van der Waals surface area contributed by atoms with Crippen LogP contribution in [0.3, 0.4) is 0 Å². The third-order valence-electron chi connectivity index (χ3n) is 4.93. The van der Waals surface area contributed by atoms with Crippen molar-refractivity contribution in [3.05, 3.63) is 12.2 Å². The molecule has 1 saturated heterocycles. The molecule has 9 heteroatoms. The lowest BCUT2D eigenvalue weighted by molar-refractivity contribution is 0.119. The zero-order valence-electron chi connectivity index (χ0n) is 15.5. The molecule has 0 radical (unpaired) electrons. The minimum atomic E-state index is 0. The smallest absolute Gasteiger partial charge is 0.191 e. The van der Waals surface area contributed by atoms with Crippen LogP contribution >= 0.6 is 24.0 Å². The van der Waals surface area contributed by atoms with E-state index in [4.69, 9.17) is 4.99 Å². The molecule has 0 amide bonds. The monoisotopic (exact) mass is 462 g/mol. The van der Waals surface area contributed by atoms with Gasteiger partial charge in [-0.2, -0.15) is 5.10 Å². The fourth-order valence-corrected chi connectivity index (χ4v) is 3.36. The summed E-state index contributed by atoms with van der Waals surface area (Å²) < 4.78 is 1.99. The van der Waals surface area contributed by atoms with Gasteiger partial charge in [-0.1, -0.05) is 0 Å². The predicted octanol–water partition coefficient (Wildman–Crippen LogP) is 0.0118. The quantitative estimate of drug-likeness (QED) is 0.373. The van der Waals surface area contributed by atoms with Crippen LogP contribution in [0.25, 0.3) is 0 Å². The molecule has 1 aromatic heterocycles. The van der Waals surface area contributed by atoms with Gasteiger partial charge in [-0.25, -0.2) is 9.67 Å².